The molecule has 0 saturated carbocycles. The third-order valence-corrected chi connectivity index (χ3v) is 3.95. The van der Waals surface area contributed by atoms with Crippen molar-refractivity contribution in [1.29, 1.82) is 0 Å². The maximum absolute atomic E-state index is 5.73. The number of nitrogens with one attached hydrogen (secondary N) is 2. The van der Waals surface area contributed by atoms with Crippen LogP contribution in [0.5, 0.6) is 17.4 Å². The predicted molar refractivity (Wildman–Crippen MR) is 106 cm³/mol. The van der Waals surface area contributed by atoms with Crippen LogP contribution >= 0.6 is 0 Å². The molecule has 144 valence electrons. The van der Waals surface area contributed by atoms with Crippen molar-refractivity contribution in [3.05, 3.63) is 42.1 Å². The molecular formula is C20H26N4O3. The Morgan fingerprint density at radius 1 is 1.19 bits per heavy atom. The Kier molecular flexibility index (Phi) is 6.73. The summed E-state index contributed by atoms with van der Waals surface area (Å²) in [7, 11) is 1.73. The summed E-state index contributed by atoms with van der Waals surface area (Å²) in [6.45, 7) is 4.69. The smallest absolute Gasteiger partial charge is 0.213 e. The molecule has 27 heavy (non-hydrogen) atoms. The van der Waals surface area contributed by atoms with Gasteiger partial charge in [0.05, 0.1) is 19.8 Å². The quantitative estimate of drug-likeness (QED) is 0.601. The number of aromatic nitrogens is 1. The highest BCUT2D eigenvalue weighted by molar-refractivity contribution is 5.93. The van der Waals surface area contributed by atoms with Gasteiger partial charge < -0.3 is 24.8 Å². The fraction of sp³-hybridized carbons (Fsp3) is 0.400. The molecule has 1 aliphatic heterocycles. The van der Waals surface area contributed by atoms with Gasteiger partial charge in [-0.25, -0.2) is 4.98 Å². The predicted octanol–water partition coefficient (Wildman–Crippen LogP) is 3.22. The number of guanidine groups is 1. The highest BCUT2D eigenvalue weighted by Crippen LogP contribution is 2.32. The van der Waals surface area contributed by atoms with Gasteiger partial charge in [-0.3, -0.25) is 4.99 Å². The van der Waals surface area contributed by atoms with Crippen LogP contribution < -0.4 is 24.8 Å². The number of ether oxygens (including phenoxy) is 3. The van der Waals surface area contributed by atoms with Gasteiger partial charge in [-0.1, -0.05) is 13.0 Å². The second-order valence-corrected chi connectivity index (χ2v) is 6.12. The van der Waals surface area contributed by atoms with Crippen LogP contribution in [0.3, 0.4) is 0 Å². The highest BCUT2D eigenvalue weighted by atomic mass is 16.5. The molecule has 1 aromatic heterocycles. The molecule has 0 aliphatic carbocycles. The molecule has 7 nitrogen and oxygen atoms in total. The van der Waals surface area contributed by atoms with Gasteiger partial charge in [-0.05, 0) is 24.1 Å². The van der Waals surface area contributed by atoms with E-state index < -0.39 is 0 Å². The summed E-state index contributed by atoms with van der Waals surface area (Å²) in [4.78, 5) is 8.57. The van der Waals surface area contributed by atoms with Crippen LogP contribution in [0.25, 0.3) is 0 Å². The highest BCUT2D eigenvalue weighted by Gasteiger charge is 2.11. The Morgan fingerprint density at radius 3 is 2.78 bits per heavy atom. The zero-order chi connectivity index (χ0) is 18.9. The average molecular weight is 370 g/mol. The monoisotopic (exact) mass is 370 g/mol. The lowest BCUT2D eigenvalue weighted by Crippen LogP contribution is -2.30. The average Bonchev–Trinajstić information content (AvgIpc) is 2.95. The summed E-state index contributed by atoms with van der Waals surface area (Å²) in [5.74, 6) is 2.84. The van der Waals surface area contributed by atoms with Gasteiger partial charge in [-0.15, -0.1) is 0 Å². The number of pyridine rings is 1. The first-order valence-electron chi connectivity index (χ1n) is 9.23. The molecule has 0 spiro atoms. The van der Waals surface area contributed by atoms with E-state index in [1.807, 2.05) is 30.3 Å². The first-order chi connectivity index (χ1) is 13.3. The first-order valence-corrected chi connectivity index (χ1v) is 9.23. The molecule has 0 amide bonds. The molecule has 0 atom stereocenters. The number of benzene rings is 1. The Balaban J connectivity index is 1.56. The summed E-state index contributed by atoms with van der Waals surface area (Å²) in [5, 5.41) is 6.54. The van der Waals surface area contributed by atoms with Crippen LogP contribution in [-0.4, -0.2) is 37.8 Å². The van der Waals surface area contributed by atoms with E-state index in [0.29, 0.717) is 38.2 Å². The summed E-state index contributed by atoms with van der Waals surface area (Å²) in [5.41, 5.74) is 1.93. The van der Waals surface area contributed by atoms with E-state index in [9.17, 15) is 0 Å². The standard InChI is InChI=1S/C20H26N4O3/c1-3-9-27-19-8-5-15(13-22-19)14-23-20(21-2)24-16-6-7-17-18(12-16)26-11-4-10-25-17/h5-8,12-13H,3-4,9-11,14H2,1-2H3,(H2,21,23,24). The molecule has 2 N–H and O–H groups in total. The first kappa shape index (κ1) is 18.8. The third kappa shape index (κ3) is 5.51. The fourth-order valence-electron chi connectivity index (χ4n) is 2.55. The fourth-order valence-corrected chi connectivity index (χ4v) is 2.55. The van der Waals surface area contributed by atoms with Crippen molar-refractivity contribution in [2.45, 2.75) is 26.3 Å². The van der Waals surface area contributed by atoms with E-state index in [4.69, 9.17) is 14.2 Å². The molecule has 0 radical (unpaired) electrons. The minimum absolute atomic E-state index is 0.602. The van der Waals surface area contributed by atoms with Crippen molar-refractivity contribution in [2.75, 3.05) is 32.2 Å². The zero-order valence-corrected chi connectivity index (χ0v) is 15.8. The van der Waals surface area contributed by atoms with E-state index in [0.717, 1.165) is 35.6 Å². The molecule has 0 unspecified atom stereocenters. The molecule has 0 saturated heterocycles. The lowest BCUT2D eigenvalue weighted by molar-refractivity contribution is 0.297. The normalized spacial score (nSPS) is 13.6. The summed E-state index contributed by atoms with van der Waals surface area (Å²) < 4.78 is 16.9. The largest absolute Gasteiger partial charge is 0.490 e. The zero-order valence-electron chi connectivity index (χ0n) is 15.8. The van der Waals surface area contributed by atoms with Crippen molar-refractivity contribution in [2.24, 2.45) is 4.99 Å². The Morgan fingerprint density at radius 2 is 2.04 bits per heavy atom. The Hall–Kier alpha value is -2.96. The van der Waals surface area contributed by atoms with Gasteiger partial charge in [0.2, 0.25) is 5.88 Å². The summed E-state index contributed by atoms with van der Waals surface area (Å²) >= 11 is 0. The maximum Gasteiger partial charge on any atom is 0.213 e. The summed E-state index contributed by atoms with van der Waals surface area (Å²) in [6, 6.07) is 9.66. The van der Waals surface area contributed by atoms with Crippen LogP contribution in [0.1, 0.15) is 25.3 Å². The topological polar surface area (TPSA) is 77.0 Å². The van der Waals surface area contributed by atoms with Crippen LogP contribution in [-0.2, 0) is 6.54 Å². The number of hydrogen-bond acceptors (Lipinski definition) is 5. The molecule has 2 heterocycles. The van der Waals surface area contributed by atoms with Crippen molar-refractivity contribution < 1.29 is 14.2 Å². The van der Waals surface area contributed by atoms with Crippen molar-refractivity contribution >= 4 is 11.6 Å². The van der Waals surface area contributed by atoms with E-state index in [2.05, 4.69) is 27.5 Å². The van der Waals surface area contributed by atoms with E-state index in [-0.39, 0.29) is 0 Å². The minimum Gasteiger partial charge on any atom is -0.490 e. The molecule has 1 aliphatic rings. The van der Waals surface area contributed by atoms with Crippen molar-refractivity contribution in [1.82, 2.24) is 10.3 Å². The van der Waals surface area contributed by atoms with Gasteiger partial charge in [0.25, 0.3) is 0 Å². The summed E-state index contributed by atoms with van der Waals surface area (Å²) in [6.07, 6.45) is 3.66. The Bertz CT molecular complexity index is 762. The molecule has 2 aromatic rings. The third-order valence-electron chi connectivity index (χ3n) is 3.95. The lowest BCUT2D eigenvalue weighted by Gasteiger charge is -2.14. The van der Waals surface area contributed by atoms with E-state index in [1.54, 1.807) is 13.2 Å². The van der Waals surface area contributed by atoms with E-state index >= 15 is 0 Å². The molecule has 0 bridgehead atoms. The van der Waals surface area contributed by atoms with Gasteiger partial charge in [0.15, 0.2) is 17.5 Å². The van der Waals surface area contributed by atoms with Crippen LogP contribution in [0.2, 0.25) is 0 Å². The molecule has 1 aromatic carbocycles. The number of nitrogens with zero attached hydrogens (tertiary/aromatic N) is 2. The van der Waals surface area contributed by atoms with Crippen LogP contribution in [0.4, 0.5) is 5.69 Å². The van der Waals surface area contributed by atoms with Gasteiger partial charge >= 0.3 is 0 Å². The number of rotatable bonds is 6. The van der Waals surface area contributed by atoms with Crippen molar-refractivity contribution in [3.8, 4) is 17.4 Å². The van der Waals surface area contributed by atoms with Crippen LogP contribution in [0, 0.1) is 0 Å². The Labute approximate surface area is 159 Å². The van der Waals surface area contributed by atoms with Crippen molar-refractivity contribution in [3.63, 3.8) is 0 Å². The second kappa shape index (κ2) is 9.66. The lowest BCUT2D eigenvalue weighted by atomic mass is 10.2. The molecular weight excluding hydrogens is 344 g/mol. The SMILES string of the molecule is CCCOc1ccc(CNC(=NC)Nc2ccc3c(c2)OCCCO3)cn1. The number of anilines is 1. The van der Waals surface area contributed by atoms with Gasteiger partial charge in [0, 0.05) is 44.0 Å². The number of fused-ring (bicyclic) bond motifs is 1. The molecule has 0 fully saturated rings. The molecule has 7 heteroatoms. The number of hydrogen-bond donors (Lipinski definition) is 2. The second-order valence-electron chi connectivity index (χ2n) is 6.12. The van der Waals surface area contributed by atoms with Gasteiger partial charge in [0.1, 0.15) is 0 Å². The van der Waals surface area contributed by atoms with Crippen LogP contribution in [0.15, 0.2) is 41.5 Å². The van der Waals surface area contributed by atoms with Gasteiger partial charge in [-0.2, -0.15) is 0 Å². The minimum atomic E-state index is 0.602. The van der Waals surface area contributed by atoms with E-state index in [1.165, 1.54) is 0 Å². The number of aliphatic imine (C=N–C) groups is 1. The molecule has 3 rings (SSSR count). The maximum atomic E-state index is 5.73.